The normalized spacial score (nSPS) is 20.2. The second-order valence-corrected chi connectivity index (χ2v) is 4.98. The van der Waals surface area contributed by atoms with Crippen LogP contribution in [0.4, 0.5) is 4.79 Å². The Balaban J connectivity index is 2.46. The third-order valence-electron chi connectivity index (χ3n) is 3.53. The van der Waals surface area contributed by atoms with Gasteiger partial charge in [0.25, 0.3) is 0 Å². The van der Waals surface area contributed by atoms with Crippen LogP contribution in [0.1, 0.15) is 27.2 Å². The van der Waals surface area contributed by atoms with Crippen LogP contribution in [0.5, 0.6) is 0 Å². The summed E-state index contributed by atoms with van der Waals surface area (Å²) in [7, 11) is 3.99. The van der Waals surface area contributed by atoms with Crippen LogP contribution in [0.2, 0.25) is 0 Å². The van der Waals surface area contributed by atoms with Gasteiger partial charge in [0.2, 0.25) is 0 Å². The molecular formula is C12H25N3O. The highest BCUT2D eigenvalue weighted by Gasteiger charge is 2.34. The van der Waals surface area contributed by atoms with Crippen LogP contribution < -0.4 is 0 Å². The van der Waals surface area contributed by atoms with Crippen LogP contribution in [0, 0.1) is 0 Å². The quantitative estimate of drug-likeness (QED) is 0.727. The predicted octanol–water partition coefficient (Wildman–Crippen LogP) is 1.47. The van der Waals surface area contributed by atoms with E-state index in [-0.39, 0.29) is 12.1 Å². The summed E-state index contributed by atoms with van der Waals surface area (Å²) in [6.45, 7) is 9.19. The summed E-state index contributed by atoms with van der Waals surface area (Å²) >= 11 is 0. The van der Waals surface area contributed by atoms with Crippen LogP contribution in [-0.2, 0) is 0 Å². The summed E-state index contributed by atoms with van der Waals surface area (Å²) in [6.07, 6.45) is 1.14. The molecule has 0 aromatic rings. The molecule has 1 rings (SSSR count). The summed E-state index contributed by atoms with van der Waals surface area (Å²) in [5.74, 6) is 0. The van der Waals surface area contributed by atoms with Crippen molar-refractivity contribution in [3.8, 4) is 0 Å². The first-order valence-corrected chi connectivity index (χ1v) is 6.19. The van der Waals surface area contributed by atoms with Crippen molar-refractivity contribution >= 4 is 6.03 Å². The molecule has 16 heavy (non-hydrogen) atoms. The molecule has 0 radical (unpaired) electrons. The minimum atomic E-state index is 0.177. The Morgan fingerprint density at radius 2 is 2.06 bits per heavy atom. The molecule has 1 atom stereocenters. The van der Waals surface area contributed by atoms with Crippen molar-refractivity contribution in [1.29, 1.82) is 0 Å². The maximum Gasteiger partial charge on any atom is 0.320 e. The fourth-order valence-corrected chi connectivity index (χ4v) is 1.79. The highest BCUT2D eigenvalue weighted by molar-refractivity contribution is 5.75. The lowest BCUT2D eigenvalue weighted by Crippen LogP contribution is -2.59. The van der Waals surface area contributed by atoms with E-state index in [0.717, 1.165) is 26.1 Å². The lowest BCUT2D eigenvalue weighted by Gasteiger charge is -2.45. The van der Waals surface area contributed by atoms with Gasteiger partial charge in [-0.25, -0.2) is 4.79 Å². The monoisotopic (exact) mass is 227 g/mol. The molecule has 1 aliphatic heterocycles. The van der Waals surface area contributed by atoms with Crippen molar-refractivity contribution in [2.75, 3.05) is 33.7 Å². The summed E-state index contributed by atoms with van der Waals surface area (Å²) in [6, 6.07) is 0.868. The molecule has 94 valence electrons. The minimum Gasteiger partial charge on any atom is -0.325 e. The fourth-order valence-electron chi connectivity index (χ4n) is 1.79. The molecule has 0 bridgehead atoms. The van der Waals surface area contributed by atoms with Gasteiger partial charge in [-0.1, -0.05) is 6.92 Å². The van der Waals surface area contributed by atoms with Crippen molar-refractivity contribution in [3.05, 3.63) is 0 Å². The van der Waals surface area contributed by atoms with Gasteiger partial charge in [0.1, 0.15) is 0 Å². The molecule has 0 spiro atoms. The molecule has 1 unspecified atom stereocenters. The summed E-state index contributed by atoms with van der Waals surface area (Å²) < 4.78 is 0. The summed E-state index contributed by atoms with van der Waals surface area (Å²) in [5.41, 5.74) is 0. The maximum atomic E-state index is 12.1. The van der Waals surface area contributed by atoms with Gasteiger partial charge < -0.3 is 14.7 Å². The number of likely N-dealkylation sites (tertiary alicyclic amines) is 1. The van der Waals surface area contributed by atoms with Gasteiger partial charge in [-0.3, -0.25) is 0 Å². The van der Waals surface area contributed by atoms with Crippen LogP contribution in [0.3, 0.4) is 0 Å². The molecule has 1 saturated heterocycles. The lowest BCUT2D eigenvalue weighted by atomic mass is 10.0. The molecule has 1 heterocycles. The number of carbonyl (C=O) groups is 1. The number of nitrogens with zero attached hydrogens (tertiary/aromatic N) is 3. The van der Waals surface area contributed by atoms with E-state index in [0.29, 0.717) is 6.04 Å². The Kier molecular flexibility index (Phi) is 4.59. The van der Waals surface area contributed by atoms with E-state index in [1.807, 2.05) is 30.7 Å². The molecule has 0 aliphatic carbocycles. The standard InChI is InChI=1S/C12H25N3O/c1-6-13(4)9-11-7-8-15(11)12(16)14(5)10(2)3/h10-11H,6-9H2,1-5H3. The van der Waals surface area contributed by atoms with E-state index >= 15 is 0 Å². The highest BCUT2D eigenvalue weighted by atomic mass is 16.2. The lowest BCUT2D eigenvalue weighted by molar-refractivity contribution is 0.0673. The second kappa shape index (κ2) is 5.53. The van der Waals surface area contributed by atoms with Crippen molar-refractivity contribution in [2.45, 2.75) is 39.3 Å². The molecule has 0 aromatic heterocycles. The number of amides is 2. The van der Waals surface area contributed by atoms with Gasteiger partial charge in [0.15, 0.2) is 0 Å². The van der Waals surface area contributed by atoms with Gasteiger partial charge in [0.05, 0.1) is 0 Å². The molecular weight excluding hydrogens is 202 g/mol. The van der Waals surface area contributed by atoms with E-state index < -0.39 is 0 Å². The molecule has 2 amide bonds. The molecule has 0 aromatic carbocycles. The van der Waals surface area contributed by atoms with Crippen LogP contribution >= 0.6 is 0 Å². The number of likely N-dealkylation sites (N-methyl/N-ethyl adjacent to an activating group) is 1. The zero-order valence-corrected chi connectivity index (χ0v) is 11.2. The van der Waals surface area contributed by atoms with Gasteiger partial charge in [-0.2, -0.15) is 0 Å². The fraction of sp³-hybridized carbons (Fsp3) is 0.917. The van der Waals surface area contributed by atoms with E-state index in [9.17, 15) is 4.79 Å². The zero-order chi connectivity index (χ0) is 12.3. The molecule has 0 saturated carbocycles. The first-order chi connectivity index (χ1) is 7.47. The van der Waals surface area contributed by atoms with Crippen LogP contribution in [0.25, 0.3) is 0 Å². The van der Waals surface area contributed by atoms with Crippen LogP contribution in [0.15, 0.2) is 0 Å². The van der Waals surface area contributed by atoms with Crippen molar-refractivity contribution in [2.24, 2.45) is 0 Å². The van der Waals surface area contributed by atoms with E-state index in [2.05, 4.69) is 18.9 Å². The van der Waals surface area contributed by atoms with E-state index in [1.165, 1.54) is 0 Å². The summed E-state index contributed by atoms with van der Waals surface area (Å²) in [5, 5.41) is 0. The molecule has 4 nitrogen and oxygen atoms in total. The number of carbonyl (C=O) groups excluding carboxylic acids is 1. The first kappa shape index (κ1) is 13.3. The number of hydrogen-bond acceptors (Lipinski definition) is 2. The van der Waals surface area contributed by atoms with Crippen molar-refractivity contribution in [3.63, 3.8) is 0 Å². The van der Waals surface area contributed by atoms with Crippen molar-refractivity contribution in [1.82, 2.24) is 14.7 Å². The average molecular weight is 227 g/mol. The zero-order valence-electron chi connectivity index (χ0n) is 11.2. The third-order valence-corrected chi connectivity index (χ3v) is 3.53. The summed E-state index contributed by atoms with van der Waals surface area (Å²) in [4.78, 5) is 18.2. The van der Waals surface area contributed by atoms with Gasteiger partial charge in [0, 0.05) is 32.2 Å². The molecule has 4 heteroatoms. The van der Waals surface area contributed by atoms with Crippen LogP contribution in [-0.4, -0.2) is 66.5 Å². The highest BCUT2D eigenvalue weighted by Crippen LogP contribution is 2.20. The second-order valence-electron chi connectivity index (χ2n) is 4.98. The Morgan fingerprint density at radius 1 is 1.44 bits per heavy atom. The van der Waals surface area contributed by atoms with Crippen molar-refractivity contribution < 1.29 is 4.79 Å². The number of rotatable bonds is 4. The Morgan fingerprint density at radius 3 is 2.44 bits per heavy atom. The molecule has 1 fully saturated rings. The smallest absolute Gasteiger partial charge is 0.320 e. The number of urea groups is 1. The third kappa shape index (κ3) is 2.88. The number of hydrogen-bond donors (Lipinski definition) is 0. The first-order valence-electron chi connectivity index (χ1n) is 6.19. The average Bonchev–Trinajstić information content (AvgIpc) is 2.22. The Bertz CT molecular complexity index is 242. The maximum absolute atomic E-state index is 12.1. The van der Waals surface area contributed by atoms with Gasteiger partial charge in [-0.05, 0) is 33.9 Å². The SMILES string of the molecule is CCN(C)CC1CCN1C(=O)N(C)C(C)C. The molecule has 1 aliphatic rings. The van der Waals surface area contributed by atoms with Gasteiger partial charge in [-0.15, -0.1) is 0 Å². The minimum absolute atomic E-state index is 0.177. The Labute approximate surface area is 99.2 Å². The molecule has 0 N–H and O–H groups in total. The van der Waals surface area contributed by atoms with E-state index in [4.69, 9.17) is 0 Å². The Hall–Kier alpha value is -0.770. The van der Waals surface area contributed by atoms with E-state index in [1.54, 1.807) is 0 Å². The largest absolute Gasteiger partial charge is 0.325 e. The van der Waals surface area contributed by atoms with Gasteiger partial charge >= 0.3 is 6.03 Å². The predicted molar refractivity (Wildman–Crippen MR) is 66.6 cm³/mol. The topological polar surface area (TPSA) is 26.8 Å².